The highest BCUT2D eigenvalue weighted by molar-refractivity contribution is 5.63. The number of hydrogen-bond donors (Lipinski definition) is 2. The van der Waals surface area contributed by atoms with E-state index in [-0.39, 0.29) is 23.0 Å². The molecule has 2 N–H and O–H groups in total. The molecule has 0 amide bonds. The van der Waals surface area contributed by atoms with E-state index in [0.29, 0.717) is 0 Å². The van der Waals surface area contributed by atoms with Crippen LogP contribution in [0.25, 0.3) is 0 Å². The third-order valence-electron chi connectivity index (χ3n) is 4.52. The summed E-state index contributed by atoms with van der Waals surface area (Å²) in [5.74, 6) is 0.00584. The van der Waals surface area contributed by atoms with E-state index < -0.39 is 44.6 Å². The molecule has 162 valence electrons. The number of rotatable bonds is 9. The molecule has 12 heteroatoms. The molecular formula is C18H20N2O10. The monoisotopic (exact) mass is 424 g/mol. The fourth-order valence-corrected chi connectivity index (χ4v) is 3.02. The van der Waals surface area contributed by atoms with Gasteiger partial charge in [-0.1, -0.05) is 0 Å². The number of aliphatic hydroxyl groups excluding tert-OH is 1. The Bertz CT molecular complexity index is 902. The number of nitro groups is 2. The second-order valence-electron chi connectivity index (χ2n) is 5.98. The Kier molecular flexibility index (Phi) is 6.64. The molecule has 0 spiro atoms. The van der Waals surface area contributed by atoms with Crippen LogP contribution in [0, 0.1) is 20.2 Å². The van der Waals surface area contributed by atoms with Gasteiger partial charge in [-0.2, -0.15) is 0 Å². The van der Waals surface area contributed by atoms with Crippen LogP contribution in [-0.4, -0.2) is 55.1 Å². The first-order chi connectivity index (χ1) is 14.2. The molecule has 0 bridgehead atoms. The van der Waals surface area contributed by atoms with Crippen LogP contribution >= 0.6 is 0 Å². The van der Waals surface area contributed by atoms with Crippen molar-refractivity contribution in [1.29, 1.82) is 0 Å². The maximum absolute atomic E-state index is 11.7. The molecular weight excluding hydrogens is 404 g/mol. The fourth-order valence-electron chi connectivity index (χ4n) is 3.02. The molecule has 0 unspecified atom stereocenters. The Morgan fingerprint density at radius 2 is 1.07 bits per heavy atom. The fraction of sp³-hybridized carbons (Fsp3) is 0.333. The first-order valence-corrected chi connectivity index (χ1v) is 8.33. The molecule has 12 nitrogen and oxygen atoms in total. The van der Waals surface area contributed by atoms with Crippen molar-refractivity contribution in [2.75, 3.05) is 35.0 Å². The normalized spacial score (nSPS) is 11.0. The molecule has 0 aromatic heterocycles. The predicted octanol–water partition coefficient (Wildman–Crippen LogP) is 1.77. The van der Waals surface area contributed by atoms with Crippen molar-refractivity contribution in [3.05, 3.63) is 55.6 Å². The largest absolute Gasteiger partial charge is 0.493 e. The first-order valence-electron chi connectivity index (χ1n) is 8.33. The molecule has 0 atom stereocenters. The number of ether oxygens (including phenoxy) is 4. The zero-order valence-electron chi connectivity index (χ0n) is 16.6. The number of benzene rings is 2. The molecule has 0 saturated carbocycles. The molecule has 2 rings (SSSR count). The number of hydrogen-bond acceptors (Lipinski definition) is 10. The summed E-state index contributed by atoms with van der Waals surface area (Å²) in [6, 6.07) is 4.13. The molecule has 2 aromatic carbocycles. The maximum Gasteiger partial charge on any atom is 0.279 e. The number of aliphatic hydroxyl groups is 2. The molecule has 2 aromatic rings. The zero-order chi connectivity index (χ0) is 22.6. The van der Waals surface area contributed by atoms with Gasteiger partial charge in [0.1, 0.15) is 0 Å². The van der Waals surface area contributed by atoms with Gasteiger partial charge in [0.15, 0.2) is 28.6 Å². The summed E-state index contributed by atoms with van der Waals surface area (Å²) in [6.07, 6.45) is 0. The van der Waals surface area contributed by atoms with E-state index in [0.717, 1.165) is 24.3 Å². The lowest BCUT2D eigenvalue weighted by molar-refractivity contribution is -0.388. The molecule has 0 aliphatic rings. The minimum atomic E-state index is -2.57. The lowest BCUT2D eigenvalue weighted by atomic mass is 9.84. The minimum Gasteiger partial charge on any atom is -0.493 e. The van der Waals surface area contributed by atoms with Gasteiger partial charge < -0.3 is 29.2 Å². The quantitative estimate of drug-likeness (QED) is 0.448. The van der Waals surface area contributed by atoms with E-state index in [9.17, 15) is 30.4 Å². The van der Waals surface area contributed by atoms with Crippen molar-refractivity contribution < 1.29 is 39.0 Å². The third kappa shape index (κ3) is 3.77. The van der Waals surface area contributed by atoms with Gasteiger partial charge in [0, 0.05) is 0 Å². The molecule has 0 aliphatic heterocycles. The summed E-state index contributed by atoms with van der Waals surface area (Å²) in [5.41, 5.74) is -4.74. The van der Waals surface area contributed by atoms with Crippen molar-refractivity contribution in [3.8, 4) is 23.0 Å². The van der Waals surface area contributed by atoms with E-state index in [1.165, 1.54) is 28.4 Å². The lowest BCUT2D eigenvalue weighted by Gasteiger charge is -2.27. The minimum absolute atomic E-state index is 0.00458. The van der Waals surface area contributed by atoms with E-state index in [1.807, 2.05) is 0 Å². The molecule has 0 saturated heterocycles. The van der Waals surface area contributed by atoms with Gasteiger partial charge >= 0.3 is 0 Å². The number of nitrogens with zero attached hydrogens (tertiary/aromatic N) is 2. The van der Waals surface area contributed by atoms with Gasteiger partial charge in [-0.25, -0.2) is 0 Å². The Labute approximate surface area is 170 Å². The summed E-state index contributed by atoms with van der Waals surface area (Å²) in [7, 11) is 5.06. The van der Waals surface area contributed by atoms with E-state index in [2.05, 4.69) is 0 Å². The zero-order valence-corrected chi connectivity index (χ0v) is 16.6. The Balaban J connectivity index is 2.95. The van der Waals surface area contributed by atoms with E-state index in [4.69, 9.17) is 18.9 Å². The predicted molar refractivity (Wildman–Crippen MR) is 102 cm³/mol. The average molecular weight is 424 g/mol. The highest BCUT2D eigenvalue weighted by atomic mass is 16.6. The van der Waals surface area contributed by atoms with Crippen LogP contribution < -0.4 is 18.9 Å². The topological polar surface area (TPSA) is 164 Å². The number of methoxy groups -OCH3 is 4. The van der Waals surface area contributed by atoms with Crippen molar-refractivity contribution in [1.82, 2.24) is 0 Å². The summed E-state index contributed by atoms with van der Waals surface area (Å²) in [6.45, 7) is -1.13. The average Bonchev–Trinajstić information content (AvgIpc) is 2.76. The number of nitro benzene ring substituents is 2. The van der Waals surface area contributed by atoms with Crippen LogP contribution in [0.2, 0.25) is 0 Å². The van der Waals surface area contributed by atoms with Crippen LogP contribution in [0.4, 0.5) is 11.4 Å². The van der Waals surface area contributed by atoms with Gasteiger partial charge in [-0.15, -0.1) is 0 Å². The van der Waals surface area contributed by atoms with E-state index in [1.54, 1.807) is 0 Å². The Morgan fingerprint density at radius 3 is 1.30 bits per heavy atom. The summed E-state index contributed by atoms with van der Waals surface area (Å²) in [4.78, 5) is 21.7. The summed E-state index contributed by atoms with van der Waals surface area (Å²) >= 11 is 0. The molecule has 0 fully saturated rings. The van der Waals surface area contributed by atoms with Gasteiger partial charge in [0.05, 0.1) is 68.2 Å². The smallest absolute Gasteiger partial charge is 0.279 e. The van der Waals surface area contributed by atoms with Crippen LogP contribution in [0.15, 0.2) is 24.3 Å². The van der Waals surface area contributed by atoms with Gasteiger partial charge in [0.2, 0.25) is 0 Å². The van der Waals surface area contributed by atoms with Crippen LogP contribution in [0.3, 0.4) is 0 Å². The van der Waals surface area contributed by atoms with Gasteiger partial charge in [-0.3, -0.25) is 20.2 Å². The highest BCUT2D eigenvalue weighted by Crippen LogP contribution is 2.46. The maximum atomic E-state index is 11.7. The standard InChI is InChI=1S/C18H20N2O10/c1-27-14-5-10(12(19(23)24)7-16(14)29-3)18(22,9-21)11-6-15(28-2)17(30-4)8-13(11)20(25)26/h5-8,21-22H,9H2,1-4H3. The third-order valence-corrected chi connectivity index (χ3v) is 4.52. The first kappa shape index (κ1) is 22.6. The second-order valence-corrected chi connectivity index (χ2v) is 5.98. The summed E-state index contributed by atoms with van der Waals surface area (Å²) in [5, 5.41) is 44.7. The van der Waals surface area contributed by atoms with Crippen LogP contribution in [-0.2, 0) is 5.60 Å². The second kappa shape index (κ2) is 8.80. The van der Waals surface area contributed by atoms with Crippen molar-refractivity contribution in [2.45, 2.75) is 5.60 Å². The SMILES string of the molecule is COc1cc([N+](=O)[O-])c(C(O)(CO)c2cc(OC)c(OC)cc2[N+](=O)[O-])cc1OC. The van der Waals surface area contributed by atoms with Crippen molar-refractivity contribution in [2.24, 2.45) is 0 Å². The molecule has 0 heterocycles. The molecule has 0 radical (unpaired) electrons. The highest BCUT2D eigenvalue weighted by Gasteiger charge is 2.43. The van der Waals surface area contributed by atoms with Crippen molar-refractivity contribution >= 4 is 11.4 Å². The Morgan fingerprint density at radius 1 is 0.767 bits per heavy atom. The molecule has 0 aliphatic carbocycles. The Hall–Kier alpha value is -3.64. The van der Waals surface area contributed by atoms with E-state index >= 15 is 0 Å². The van der Waals surface area contributed by atoms with Crippen LogP contribution in [0.5, 0.6) is 23.0 Å². The summed E-state index contributed by atoms with van der Waals surface area (Å²) < 4.78 is 20.3. The molecule has 30 heavy (non-hydrogen) atoms. The van der Waals surface area contributed by atoms with Gasteiger partial charge in [0.25, 0.3) is 11.4 Å². The van der Waals surface area contributed by atoms with Crippen LogP contribution in [0.1, 0.15) is 11.1 Å². The van der Waals surface area contributed by atoms with Gasteiger partial charge in [-0.05, 0) is 12.1 Å². The van der Waals surface area contributed by atoms with Crippen molar-refractivity contribution in [3.63, 3.8) is 0 Å². The lowest BCUT2D eigenvalue weighted by Crippen LogP contribution is -2.33.